The molecule has 1 aromatic heterocycles. The second kappa shape index (κ2) is 3.77. The molecule has 1 aromatic rings. The van der Waals surface area contributed by atoms with Gasteiger partial charge in [-0.25, -0.2) is 0 Å². The van der Waals surface area contributed by atoms with Crippen molar-refractivity contribution in [2.75, 3.05) is 13.1 Å². The molecule has 1 aliphatic heterocycles. The number of hydrogen-bond donors (Lipinski definition) is 1. The van der Waals surface area contributed by atoms with Crippen molar-refractivity contribution in [3.8, 4) is 0 Å². The maximum Gasteiger partial charge on any atom is 0.192 e. The molecule has 92 valence electrons. The Morgan fingerprint density at radius 2 is 2.35 bits per heavy atom. The number of aliphatic imine (C=N–C) groups is 1. The first-order valence-electron chi connectivity index (χ1n) is 5.93. The van der Waals surface area contributed by atoms with Gasteiger partial charge in [0.25, 0.3) is 0 Å². The van der Waals surface area contributed by atoms with Gasteiger partial charge in [-0.05, 0) is 53.7 Å². The molecule has 2 aliphatic rings. The molecule has 4 nitrogen and oxygen atoms in total. The third-order valence-corrected chi connectivity index (χ3v) is 4.09. The predicted octanol–water partition coefficient (Wildman–Crippen LogP) is 2.30. The summed E-state index contributed by atoms with van der Waals surface area (Å²) >= 11 is 3.35. The van der Waals surface area contributed by atoms with Gasteiger partial charge in [0.05, 0.1) is 6.54 Å². The highest BCUT2D eigenvalue weighted by Crippen LogP contribution is 2.39. The number of nitrogens with two attached hydrogens (primary N) is 1. The highest BCUT2D eigenvalue weighted by atomic mass is 79.9. The molecular weight excluding hydrogens is 282 g/mol. The van der Waals surface area contributed by atoms with E-state index in [1.807, 2.05) is 12.1 Å². The molecule has 1 atom stereocenters. The first-order valence-corrected chi connectivity index (χ1v) is 6.72. The Bertz CT molecular complexity index is 466. The van der Waals surface area contributed by atoms with Gasteiger partial charge in [-0.1, -0.05) is 0 Å². The Hall–Kier alpha value is -0.970. The Kier molecular flexibility index (Phi) is 2.47. The normalized spacial score (nSPS) is 28.6. The summed E-state index contributed by atoms with van der Waals surface area (Å²) < 4.78 is 6.45. The van der Waals surface area contributed by atoms with Crippen molar-refractivity contribution < 1.29 is 4.42 Å². The fourth-order valence-electron chi connectivity index (χ4n) is 2.33. The number of hydrogen-bond acceptors (Lipinski definition) is 4. The van der Waals surface area contributed by atoms with Crippen LogP contribution in [0.1, 0.15) is 25.5 Å². The minimum atomic E-state index is -0.224. The number of rotatable bonds is 3. The van der Waals surface area contributed by atoms with Gasteiger partial charge < -0.3 is 15.1 Å². The van der Waals surface area contributed by atoms with Gasteiger partial charge in [-0.3, -0.25) is 4.99 Å². The molecule has 0 aromatic carbocycles. The van der Waals surface area contributed by atoms with Crippen LogP contribution in [-0.2, 0) is 5.54 Å². The van der Waals surface area contributed by atoms with Crippen molar-refractivity contribution >= 4 is 21.9 Å². The molecule has 0 spiro atoms. The summed E-state index contributed by atoms with van der Waals surface area (Å²) in [6.07, 6.45) is 2.61. The maximum absolute atomic E-state index is 6.00. The van der Waals surface area contributed by atoms with Gasteiger partial charge in [-0.2, -0.15) is 0 Å². The van der Waals surface area contributed by atoms with E-state index in [1.54, 1.807) is 0 Å². The molecule has 3 rings (SSSR count). The van der Waals surface area contributed by atoms with E-state index in [1.165, 1.54) is 12.8 Å². The molecule has 2 heterocycles. The van der Waals surface area contributed by atoms with Crippen molar-refractivity contribution in [2.24, 2.45) is 16.6 Å². The van der Waals surface area contributed by atoms with E-state index in [-0.39, 0.29) is 5.54 Å². The van der Waals surface area contributed by atoms with E-state index in [0.29, 0.717) is 12.5 Å². The van der Waals surface area contributed by atoms with Gasteiger partial charge >= 0.3 is 0 Å². The van der Waals surface area contributed by atoms with E-state index in [4.69, 9.17) is 10.2 Å². The van der Waals surface area contributed by atoms with Crippen molar-refractivity contribution in [3.63, 3.8) is 0 Å². The summed E-state index contributed by atoms with van der Waals surface area (Å²) in [6.45, 7) is 3.81. The number of nitrogens with zero attached hydrogens (tertiary/aromatic N) is 2. The average Bonchev–Trinajstić information content (AvgIpc) is 2.95. The lowest BCUT2D eigenvalue weighted by Gasteiger charge is -2.34. The molecule has 1 fully saturated rings. The third-order valence-electron chi connectivity index (χ3n) is 3.66. The Morgan fingerprint density at radius 3 is 2.94 bits per heavy atom. The highest BCUT2D eigenvalue weighted by Gasteiger charge is 2.44. The standard InChI is InChI=1S/C12H16BrN3O/c1-12(9-4-5-10(13)17-9)7-15-11(14)16(12)6-8-2-3-8/h4-5,8H,2-3,6-7H2,1H3,(H2,14,15). The minimum Gasteiger partial charge on any atom is -0.452 e. The molecular formula is C12H16BrN3O. The summed E-state index contributed by atoms with van der Waals surface area (Å²) in [5.74, 6) is 2.35. The lowest BCUT2D eigenvalue weighted by Crippen LogP contribution is -2.48. The molecule has 1 unspecified atom stereocenters. The Morgan fingerprint density at radius 1 is 1.59 bits per heavy atom. The van der Waals surface area contributed by atoms with Crippen LogP contribution in [0.4, 0.5) is 0 Å². The monoisotopic (exact) mass is 297 g/mol. The topological polar surface area (TPSA) is 54.8 Å². The zero-order valence-electron chi connectivity index (χ0n) is 9.82. The number of furan rings is 1. The molecule has 0 bridgehead atoms. The van der Waals surface area contributed by atoms with E-state index >= 15 is 0 Å². The number of halogens is 1. The summed E-state index contributed by atoms with van der Waals surface area (Å²) in [5.41, 5.74) is 5.77. The minimum absolute atomic E-state index is 0.224. The van der Waals surface area contributed by atoms with Crippen LogP contribution in [-0.4, -0.2) is 23.9 Å². The van der Waals surface area contributed by atoms with Crippen LogP contribution in [0.3, 0.4) is 0 Å². The van der Waals surface area contributed by atoms with Crippen molar-refractivity contribution in [1.82, 2.24) is 4.90 Å². The van der Waals surface area contributed by atoms with Crippen LogP contribution >= 0.6 is 15.9 Å². The second-order valence-corrected chi connectivity index (χ2v) is 5.89. The lowest BCUT2D eigenvalue weighted by molar-refractivity contribution is 0.179. The average molecular weight is 298 g/mol. The van der Waals surface area contributed by atoms with Crippen LogP contribution in [0, 0.1) is 5.92 Å². The SMILES string of the molecule is CC1(c2ccc(Br)o2)CN=C(N)N1CC1CC1. The summed E-state index contributed by atoms with van der Waals surface area (Å²) in [7, 11) is 0. The van der Waals surface area contributed by atoms with Crippen molar-refractivity contribution in [1.29, 1.82) is 0 Å². The Balaban J connectivity index is 1.89. The van der Waals surface area contributed by atoms with Crippen LogP contribution in [0.5, 0.6) is 0 Å². The van der Waals surface area contributed by atoms with Crippen LogP contribution in [0.25, 0.3) is 0 Å². The van der Waals surface area contributed by atoms with Crippen LogP contribution in [0.15, 0.2) is 26.2 Å². The Labute approximate surface area is 109 Å². The quantitative estimate of drug-likeness (QED) is 0.931. The zero-order valence-corrected chi connectivity index (χ0v) is 11.4. The summed E-state index contributed by atoms with van der Waals surface area (Å²) in [6, 6.07) is 3.92. The van der Waals surface area contributed by atoms with Crippen molar-refractivity contribution in [2.45, 2.75) is 25.3 Å². The fourth-order valence-corrected chi connectivity index (χ4v) is 2.63. The van der Waals surface area contributed by atoms with E-state index < -0.39 is 0 Å². The molecule has 5 heteroatoms. The first kappa shape index (κ1) is 11.1. The zero-order chi connectivity index (χ0) is 12.0. The second-order valence-electron chi connectivity index (χ2n) is 5.11. The van der Waals surface area contributed by atoms with Gasteiger partial charge in [0, 0.05) is 6.54 Å². The van der Waals surface area contributed by atoms with Gasteiger partial charge in [0.1, 0.15) is 11.3 Å². The van der Waals surface area contributed by atoms with Crippen LogP contribution in [0.2, 0.25) is 0 Å². The summed E-state index contributed by atoms with van der Waals surface area (Å²) in [4.78, 5) is 6.57. The van der Waals surface area contributed by atoms with E-state index in [2.05, 4.69) is 32.7 Å². The molecule has 1 saturated carbocycles. The smallest absolute Gasteiger partial charge is 0.192 e. The molecule has 0 amide bonds. The van der Waals surface area contributed by atoms with Gasteiger partial charge in [0.2, 0.25) is 0 Å². The largest absolute Gasteiger partial charge is 0.452 e. The van der Waals surface area contributed by atoms with E-state index in [0.717, 1.165) is 22.9 Å². The highest BCUT2D eigenvalue weighted by molar-refractivity contribution is 9.10. The van der Waals surface area contributed by atoms with Gasteiger partial charge in [-0.15, -0.1) is 0 Å². The first-order chi connectivity index (χ1) is 8.09. The van der Waals surface area contributed by atoms with Gasteiger partial charge in [0.15, 0.2) is 10.6 Å². The number of guanidine groups is 1. The molecule has 0 radical (unpaired) electrons. The summed E-state index contributed by atoms with van der Waals surface area (Å²) in [5, 5.41) is 0. The lowest BCUT2D eigenvalue weighted by atomic mass is 9.97. The molecule has 2 N–H and O–H groups in total. The predicted molar refractivity (Wildman–Crippen MR) is 69.7 cm³/mol. The van der Waals surface area contributed by atoms with Crippen molar-refractivity contribution in [3.05, 3.63) is 22.6 Å². The maximum atomic E-state index is 6.00. The molecule has 17 heavy (non-hydrogen) atoms. The third kappa shape index (κ3) is 1.86. The molecule has 1 aliphatic carbocycles. The van der Waals surface area contributed by atoms with Crippen LogP contribution < -0.4 is 5.73 Å². The fraction of sp³-hybridized carbons (Fsp3) is 0.583. The van der Waals surface area contributed by atoms with E-state index in [9.17, 15) is 0 Å². The molecule has 0 saturated heterocycles.